The molecule has 108 valence electrons. The summed E-state index contributed by atoms with van der Waals surface area (Å²) in [5.74, 6) is 0. The van der Waals surface area contributed by atoms with Gasteiger partial charge in [-0.25, -0.2) is 0 Å². The van der Waals surface area contributed by atoms with Crippen molar-refractivity contribution in [1.29, 1.82) is 0 Å². The van der Waals surface area contributed by atoms with Crippen LogP contribution in [0.15, 0.2) is 22.7 Å². The van der Waals surface area contributed by atoms with Gasteiger partial charge in [-0.3, -0.25) is 4.68 Å². The van der Waals surface area contributed by atoms with E-state index in [1.165, 1.54) is 0 Å². The van der Waals surface area contributed by atoms with Crippen LogP contribution >= 0.6 is 27.5 Å². The first kappa shape index (κ1) is 15.4. The SMILES string of the molecule is CCc1nn(CC)c(CNc2c(C)cccc2Cl)c1Br. The molecule has 5 heteroatoms. The van der Waals surface area contributed by atoms with Crippen LogP contribution in [-0.2, 0) is 19.5 Å². The number of halogens is 2. The van der Waals surface area contributed by atoms with Gasteiger partial charge in [0.25, 0.3) is 0 Å². The minimum Gasteiger partial charge on any atom is -0.378 e. The fourth-order valence-corrected chi connectivity index (χ4v) is 3.21. The lowest BCUT2D eigenvalue weighted by Gasteiger charge is -2.12. The number of aryl methyl sites for hydroxylation is 3. The maximum Gasteiger partial charge on any atom is 0.0767 e. The fourth-order valence-electron chi connectivity index (χ4n) is 2.21. The van der Waals surface area contributed by atoms with E-state index in [1.54, 1.807) is 0 Å². The standard InChI is InChI=1S/C15H19BrClN3/c1-4-12-14(16)13(20(5-2)19-12)9-18-15-10(3)7-6-8-11(15)17/h6-8,18H,4-5,9H2,1-3H3. The Bertz CT molecular complexity index is 587. The van der Waals surface area contributed by atoms with Gasteiger partial charge in [0.05, 0.1) is 33.1 Å². The highest BCUT2D eigenvalue weighted by atomic mass is 79.9. The molecular formula is C15H19BrClN3. The number of anilines is 1. The van der Waals surface area contributed by atoms with Crippen LogP contribution in [0.3, 0.4) is 0 Å². The number of aromatic nitrogens is 2. The number of benzene rings is 1. The molecule has 0 aliphatic heterocycles. The molecule has 1 aromatic carbocycles. The summed E-state index contributed by atoms with van der Waals surface area (Å²) < 4.78 is 3.13. The highest BCUT2D eigenvalue weighted by molar-refractivity contribution is 9.10. The van der Waals surface area contributed by atoms with E-state index in [-0.39, 0.29) is 0 Å². The highest BCUT2D eigenvalue weighted by Gasteiger charge is 2.14. The third kappa shape index (κ3) is 3.01. The van der Waals surface area contributed by atoms with Crippen molar-refractivity contribution in [2.24, 2.45) is 0 Å². The van der Waals surface area contributed by atoms with E-state index < -0.39 is 0 Å². The Hall–Kier alpha value is -1.000. The molecule has 0 fully saturated rings. The van der Waals surface area contributed by atoms with Crippen molar-refractivity contribution in [2.75, 3.05) is 5.32 Å². The van der Waals surface area contributed by atoms with Crippen molar-refractivity contribution < 1.29 is 0 Å². The Morgan fingerprint density at radius 3 is 2.70 bits per heavy atom. The van der Waals surface area contributed by atoms with Gasteiger partial charge >= 0.3 is 0 Å². The van der Waals surface area contributed by atoms with E-state index in [4.69, 9.17) is 11.6 Å². The van der Waals surface area contributed by atoms with Gasteiger partial charge in [0.1, 0.15) is 0 Å². The maximum absolute atomic E-state index is 6.25. The number of rotatable bonds is 5. The van der Waals surface area contributed by atoms with Crippen molar-refractivity contribution >= 4 is 33.2 Å². The summed E-state index contributed by atoms with van der Waals surface area (Å²) in [5.41, 5.74) is 4.39. The summed E-state index contributed by atoms with van der Waals surface area (Å²) in [4.78, 5) is 0. The first-order chi connectivity index (χ1) is 9.58. The Morgan fingerprint density at radius 2 is 2.10 bits per heavy atom. The monoisotopic (exact) mass is 355 g/mol. The lowest BCUT2D eigenvalue weighted by molar-refractivity contribution is 0.619. The average molecular weight is 357 g/mol. The van der Waals surface area contributed by atoms with Crippen LogP contribution in [0.1, 0.15) is 30.8 Å². The molecule has 2 aromatic rings. The van der Waals surface area contributed by atoms with Crippen molar-refractivity contribution in [3.8, 4) is 0 Å². The van der Waals surface area contributed by atoms with Crippen molar-refractivity contribution in [2.45, 2.75) is 40.3 Å². The molecule has 0 radical (unpaired) electrons. The number of nitrogens with zero attached hydrogens (tertiary/aromatic N) is 2. The molecule has 1 N–H and O–H groups in total. The molecule has 2 rings (SSSR count). The summed E-state index contributed by atoms with van der Waals surface area (Å²) in [6, 6.07) is 5.92. The molecule has 0 spiro atoms. The third-order valence-electron chi connectivity index (χ3n) is 3.35. The Kier molecular flexibility index (Phi) is 5.11. The average Bonchev–Trinajstić information content (AvgIpc) is 2.74. The van der Waals surface area contributed by atoms with Crippen LogP contribution in [-0.4, -0.2) is 9.78 Å². The van der Waals surface area contributed by atoms with Crippen molar-refractivity contribution in [3.05, 3.63) is 44.6 Å². The summed E-state index contributed by atoms with van der Waals surface area (Å²) in [5, 5.41) is 8.78. The van der Waals surface area contributed by atoms with Gasteiger partial charge in [0.15, 0.2) is 0 Å². The first-order valence-corrected chi connectivity index (χ1v) is 7.98. The molecule has 0 amide bonds. The molecule has 0 unspecified atom stereocenters. The highest BCUT2D eigenvalue weighted by Crippen LogP contribution is 2.28. The topological polar surface area (TPSA) is 29.9 Å². The zero-order chi connectivity index (χ0) is 14.7. The molecule has 0 atom stereocenters. The molecule has 0 aliphatic carbocycles. The van der Waals surface area contributed by atoms with Gasteiger partial charge in [0.2, 0.25) is 0 Å². The third-order valence-corrected chi connectivity index (χ3v) is 4.58. The van der Waals surface area contributed by atoms with Gasteiger partial charge in [-0.05, 0) is 47.8 Å². The van der Waals surface area contributed by atoms with Crippen LogP contribution in [0.5, 0.6) is 0 Å². The molecule has 0 saturated heterocycles. The van der Waals surface area contributed by atoms with E-state index in [1.807, 2.05) is 16.8 Å². The van der Waals surface area contributed by atoms with Gasteiger partial charge in [-0.2, -0.15) is 5.10 Å². The number of para-hydroxylation sites is 1. The minimum atomic E-state index is 0.700. The largest absolute Gasteiger partial charge is 0.378 e. The molecule has 1 aromatic heterocycles. The lowest BCUT2D eigenvalue weighted by Crippen LogP contribution is -2.09. The smallest absolute Gasteiger partial charge is 0.0767 e. The molecule has 0 saturated carbocycles. The van der Waals surface area contributed by atoms with Crippen LogP contribution < -0.4 is 5.32 Å². The van der Waals surface area contributed by atoms with E-state index >= 15 is 0 Å². The quantitative estimate of drug-likeness (QED) is 0.834. The number of hydrogen-bond donors (Lipinski definition) is 1. The fraction of sp³-hybridized carbons (Fsp3) is 0.400. The van der Waals surface area contributed by atoms with Crippen LogP contribution in [0.4, 0.5) is 5.69 Å². The second-order valence-electron chi connectivity index (χ2n) is 4.66. The van der Waals surface area contributed by atoms with E-state index in [0.717, 1.165) is 45.1 Å². The minimum absolute atomic E-state index is 0.700. The molecule has 0 bridgehead atoms. The van der Waals surface area contributed by atoms with Crippen LogP contribution in [0.2, 0.25) is 5.02 Å². The zero-order valence-corrected chi connectivity index (χ0v) is 14.3. The van der Waals surface area contributed by atoms with Crippen molar-refractivity contribution in [1.82, 2.24) is 9.78 Å². The van der Waals surface area contributed by atoms with Gasteiger partial charge < -0.3 is 5.32 Å². The van der Waals surface area contributed by atoms with Crippen LogP contribution in [0, 0.1) is 6.92 Å². The second kappa shape index (κ2) is 6.64. The maximum atomic E-state index is 6.25. The summed E-state index contributed by atoms with van der Waals surface area (Å²) >= 11 is 9.90. The zero-order valence-electron chi connectivity index (χ0n) is 12.0. The van der Waals surface area contributed by atoms with E-state index in [9.17, 15) is 0 Å². The van der Waals surface area contributed by atoms with Gasteiger partial charge in [0, 0.05) is 6.54 Å². The Labute approximate surface area is 133 Å². The molecule has 3 nitrogen and oxygen atoms in total. The summed E-state index contributed by atoms with van der Waals surface area (Å²) in [7, 11) is 0. The number of hydrogen-bond acceptors (Lipinski definition) is 2. The predicted molar refractivity (Wildman–Crippen MR) is 88.5 cm³/mol. The first-order valence-electron chi connectivity index (χ1n) is 6.81. The lowest BCUT2D eigenvalue weighted by atomic mass is 10.2. The van der Waals surface area contributed by atoms with Gasteiger partial charge in [-0.1, -0.05) is 30.7 Å². The summed E-state index contributed by atoms with van der Waals surface area (Å²) in [6.07, 6.45) is 0.922. The second-order valence-corrected chi connectivity index (χ2v) is 5.86. The molecule has 0 aliphatic rings. The predicted octanol–water partition coefficient (Wildman–Crippen LogP) is 4.80. The van der Waals surface area contributed by atoms with Crippen molar-refractivity contribution in [3.63, 3.8) is 0 Å². The summed E-state index contributed by atoms with van der Waals surface area (Å²) in [6.45, 7) is 7.83. The molecular weight excluding hydrogens is 338 g/mol. The van der Waals surface area contributed by atoms with E-state index in [0.29, 0.717) is 6.54 Å². The van der Waals surface area contributed by atoms with Gasteiger partial charge in [-0.15, -0.1) is 0 Å². The van der Waals surface area contributed by atoms with E-state index in [2.05, 4.69) is 53.2 Å². The Balaban J connectivity index is 2.25. The van der Waals surface area contributed by atoms with Crippen LogP contribution in [0.25, 0.3) is 0 Å². The Morgan fingerprint density at radius 1 is 1.35 bits per heavy atom. The number of nitrogens with one attached hydrogen (secondary N) is 1. The normalized spacial score (nSPS) is 10.8. The molecule has 1 heterocycles. The molecule has 20 heavy (non-hydrogen) atoms.